The molecule has 0 heterocycles. The average Bonchev–Trinajstić information content (AvgIpc) is 2.25. The van der Waals surface area contributed by atoms with Crippen molar-refractivity contribution in [1.29, 1.82) is 0 Å². The summed E-state index contributed by atoms with van der Waals surface area (Å²) < 4.78 is 25.9. The summed E-state index contributed by atoms with van der Waals surface area (Å²) in [5.41, 5.74) is 0.479. The predicted molar refractivity (Wildman–Crippen MR) is 61.5 cm³/mol. The lowest BCUT2D eigenvalue weighted by Crippen LogP contribution is -2.34. The van der Waals surface area contributed by atoms with Gasteiger partial charge in [-0.2, -0.15) is 0 Å². The van der Waals surface area contributed by atoms with Crippen molar-refractivity contribution >= 4 is 5.91 Å². The number of amides is 1. The first kappa shape index (κ1) is 13.6. The van der Waals surface area contributed by atoms with E-state index in [2.05, 4.69) is 10.6 Å². The van der Waals surface area contributed by atoms with E-state index in [0.717, 1.165) is 6.07 Å². The molecule has 0 radical (unpaired) electrons. The molecule has 1 amide bonds. The highest BCUT2D eigenvalue weighted by Crippen LogP contribution is 2.15. The summed E-state index contributed by atoms with van der Waals surface area (Å²) in [6.07, 6.45) is 0. The van der Waals surface area contributed by atoms with Gasteiger partial charge in [-0.1, -0.05) is 0 Å². The van der Waals surface area contributed by atoms with Crippen molar-refractivity contribution in [3.05, 3.63) is 35.4 Å². The Bertz CT molecular complexity index is 376. The van der Waals surface area contributed by atoms with Crippen molar-refractivity contribution in [2.75, 3.05) is 13.1 Å². The van der Waals surface area contributed by atoms with Gasteiger partial charge in [-0.15, -0.1) is 0 Å². The Morgan fingerprint density at radius 3 is 2.41 bits per heavy atom. The number of carbonyl (C=O) groups excluding carboxylic acids is 1. The van der Waals surface area contributed by atoms with Crippen molar-refractivity contribution in [1.82, 2.24) is 10.6 Å². The van der Waals surface area contributed by atoms with Crippen molar-refractivity contribution in [3.63, 3.8) is 0 Å². The molecule has 0 spiro atoms. The van der Waals surface area contributed by atoms with Crippen LogP contribution in [0.15, 0.2) is 18.2 Å². The standard InChI is InChI=1S/C12H16F2N2O/c1-3-15-12(17)7-16-8(2)9-4-10(13)6-11(14)5-9/h4-6,8,16H,3,7H2,1-2H3,(H,15,17). The van der Waals surface area contributed by atoms with Crippen molar-refractivity contribution < 1.29 is 13.6 Å². The third kappa shape index (κ3) is 4.48. The summed E-state index contributed by atoms with van der Waals surface area (Å²) in [5, 5.41) is 5.52. The first-order valence-electron chi connectivity index (χ1n) is 5.49. The van der Waals surface area contributed by atoms with Crippen molar-refractivity contribution in [2.24, 2.45) is 0 Å². The van der Waals surface area contributed by atoms with Crippen LogP contribution in [-0.2, 0) is 4.79 Å². The highest BCUT2D eigenvalue weighted by Gasteiger charge is 2.09. The number of halogens is 2. The zero-order valence-corrected chi connectivity index (χ0v) is 9.89. The van der Waals surface area contributed by atoms with Gasteiger partial charge in [-0.05, 0) is 31.5 Å². The summed E-state index contributed by atoms with van der Waals surface area (Å²) in [4.78, 5) is 11.2. The summed E-state index contributed by atoms with van der Waals surface area (Å²) in [7, 11) is 0. The molecule has 0 aliphatic heterocycles. The monoisotopic (exact) mass is 242 g/mol. The first-order chi connectivity index (χ1) is 8.02. The van der Waals surface area contributed by atoms with Crippen LogP contribution in [0, 0.1) is 11.6 Å². The molecular weight excluding hydrogens is 226 g/mol. The molecule has 1 rings (SSSR count). The van der Waals surface area contributed by atoms with Crippen LogP contribution in [0.2, 0.25) is 0 Å². The minimum Gasteiger partial charge on any atom is -0.355 e. The summed E-state index contributed by atoms with van der Waals surface area (Å²) in [6.45, 7) is 4.24. The Morgan fingerprint density at radius 1 is 1.29 bits per heavy atom. The largest absolute Gasteiger partial charge is 0.355 e. The maximum Gasteiger partial charge on any atom is 0.233 e. The van der Waals surface area contributed by atoms with Crippen LogP contribution in [0.1, 0.15) is 25.5 Å². The van der Waals surface area contributed by atoms with E-state index in [1.807, 2.05) is 6.92 Å². The number of carbonyl (C=O) groups is 1. The highest BCUT2D eigenvalue weighted by molar-refractivity contribution is 5.77. The van der Waals surface area contributed by atoms with Gasteiger partial charge >= 0.3 is 0 Å². The number of benzene rings is 1. The number of hydrogen-bond acceptors (Lipinski definition) is 2. The van der Waals surface area contributed by atoms with Crippen LogP contribution in [0.5, 0.6) is 0 Å². The molecule has 0 bridgehead atoms. The normalized spacial score (nSPS) is 12.2. The van der Waals surface area contributed by atoms with E-state index in [4.69, 9.17) is 0 Å². The fourth-order valence-electron chi connectivity index (χ4n) is 1.45. The molecule has 3 nitrogen and oxygen atoms in total. The van der Waals surface area contributed by atoms with Gasteiger partial charge in [0.2, 0.25) is 5.91 Å². The van der Waals surface area contributed by atoms with E-state index in [-0.39, 0.29) is 18.5 Å². The Balaban J connectivity index is 2.57. The van der Waals surface area contributed by atoms with Crippen LogP contribution >= 0.6 is 0 Å². The summed E-state index contributed by atoms with van der Waals surface area (Å²) in [6, 6.07) is 3.03. The first-order valence-corrected chi connectivity index (χ1v) is 5.49. The van der Waals surface area contributed by atoms with E-state index >= 15 is 0 Å². The van der Waals surface area contributed by atoms with E-state index in [9.17, 15) is 13.6 Å². The van der Waals surface area contributed by atoms with E-state index in [0.29, 0.717) is 12.1 Å². The Labute approximate surface area is 99.2 Å². The Hall–Kier alpha value is -1.49. The highest BCUT2D eigenvalue weighted by atomic mass is 19.1. The third-order valence-electron chi connectivity index (χ3n) is 2.33. The van der Waals surface area contributed by atoms with Gasteiger partial charge in [0.15, 0.2) is 0 Å². The molecule has 0 saturated carbocycles. The van der Waals surface area contributed by atoms with Gasteiger partial charge < -0.3 is 10.6 Å². The van der Waals surface area contributed by atoms with Crippen LogP contribution in [0.4, 0.5) is 8.78 Å². The maximum atomic E-state index is 13.0. The zero-order valence-electron chi connectivity index (χ0n) is 9.89. The molecule has 1 aromatic carbocycles. The molecule has 0 saturated heterocycles. The maximum absolute atomic E-state index is 13.0. The molecule has 5 heteroatoms. The third-order valence-corrected chi connectivity index (χ3v) is 2.33. The molecule has 0 aromatic heterocycles. The van der Waals surface area contributed by atoms with E-state index in [1.165, 1.54) is 12.1 Å². The van der Waals surface area contributed by atoms with Crippen LogP contribution in [0.25, 0.3) is 0 Å². The van der Waals surface area contributed by atoms with Gasteiger partial charge in [0, 0.05) is 18.7 Å². The van der Waals surface area contributed by atoms with Crippen molar-refractivity contribution in [3.8, 4) is 0 Å². The Morgan fingerprint density at radius 2 is 1.88 bits per heavy atom. The number of nitrogens with one attached hydrogen (secondary N) is 2. The van der Waals surface area contributed by atoms with Gasteiger partial charge in [0.1, 0.15) is 11.6 Å². The molecule has 0 fully saturated rings. The zero-order chi connectivity index (χ0) is 12.8. The molecule has 1 aromatic rings. The SMILES string of the molecule is CCNC(=O)CNC(C)c1cc(F)cc(F)c1. The molecule has 94 valence electrons. The summed E-state index contributed by atoms with van der Waals surface area (Å²) >= 11 is 0. The number of likely N-dealkylation sites (N-methyl/N-ethyl adjacent to an activating group) is 1. The lowest BCUT2D eigenvalue weighted by Gasteiger charge is -2.14. The minimum atomic E-state index is -0.619. The molecule has 17 heavy (non-hydrogen) atoms. The van der Waals surface area contributed by atoms with Gasteiger partial charge in [0.05, 0.1) is 6.54 Å². The molecule has 2 N–H and O–H groups in total. The Kier molecular flexibility index (Phi) is 5.03. The average molecular weight is 242 g/mol. The van der Waals surface area contributed by atoms with Gasteiger partial charge in [-0.3, -0.25) is 4.79 Å². The van der Waals surface area contributed by atoms with Gasteiger partial charge in [-0.25, -0.2) is 8.78 Å². The molecule has 0 aliphatic rings. The molecule has 1 unspecified atom stereocenters. The number of hydrogen-bond donors (Lipinski definition) is 2. The second-order valence-electron chi connectivity index (χ2n) is 3.76. The van der Waals surface area contributed by atoms with Crippen LogP contribution in [-0.4, -0.2) is 19.0 Å². The molecular formula is C12H16F2N2O. The minimum absolute atomic E-state index is 0.118. The predicted octanol–water partition coefficient (Wildman–Crippen LogP) is 1.75. The lowest BCUT2D eigenvalue weighted by molar-refractivity contribution is -0.120. The smallest absolute Gasteiger partial charge is 0.233 e. The second-order valence-corrected chi connectivity index (χ2v) is 3.76. The second kappa shape index (κ2) is 6.30. The van der Waals surface area contributed by atoms with E-state index < -0.39 is 11.6 Å². The van der Waals surface area contributed by atoms with Gasteiger partial charge in [0.25, 0.3) is 0 Å². The lowest BCUT2D eigenvalue weighted by atomic mass is 10.1. The summed E-state index contributed by atoms with van der Waals surface area (Å²) in [5.74, 6) is -1.38. The molecule has 0 aliphatic carbocycles. The topological polar surface area (TPSA) is 41.1 Å². The number of rotatable bonds is 5. The van der Waals surface area contributed by atoms with E-state index in [1.54, 1.807) is 6.92 Å². The molecule has 1 atom stereocenters. The fraction of sp³-hybridized carbons (Fsp3) is 0.417. The quantitative estimate of drug-likeness (QED) is 0.826. The van der Waals surface area contributed by atoms with Crippen LogP contribution in [0.3, 0.4) is 0 Å². The fourth-order valence-corrected chi connectivity index (χ4v) is 1.45. The van der Waals surface area contributed by atoms with Crippen molar-refractivity contribution in [2.45, 2.75) is 19.9 Å². The van der Waals surface area contributed by atoms with Crippen LogP contribution < -0.4 is 10.6 Å².